The lowest BCUT2D eigenvalue weighted by Crippen LogP contribution is -2.40. The normalized spacial score (nSPS) is 13.7. The summed E-state index contributed by atoms with van der Waals surface area (Å²) in [4.78, 5) is 18.7. The van der Waals surface area contributed by atoms with Gasteiger partial charge in [-0.2, -0.15) is 10.2 Å². The van der Waals surface area contributed by atoms with Crippen LogP contribution in [0.1, 0.15) is 11.5 Å². The fourth-order valence-electron chi connectivity index (χ4n) is 4.02. The summed E-state index contributed by atoms with van der Waals surface area (Å²) in [6.07, 6.45) is 5.06. The Kier molecular flexibility index (Phi) is 5.17. The number of aryl methyl sites for hydroxylation is 1. The van der Waals surface area contributed by atoms with E-state index in [9.17, 15) is 4.79 Å². The minimum atomic E-state index is -0.0825. The van der Waals surface area contributed by atoms with E-state index in [1.54, 1.807) is 28.9 Å². The molecule has 1 amide bonds. The van der Waals surface area contributed by atoms with Crippen LogP contribution in [-0.2, 0) is 36.3 Å². The quantitative estimate of drug-likeness (QED) is 0.494. The molecule has 160 valence electrons. The van der Waals surface area contributed by atoms with E-state index in [-0.39, 0.29) is 19.1 Å². The van der Waals surface area contributed by atoms with Gasteiger partial charge in [-0.25, -0.2) is 4.98 Å². The molecule has 0 bridgehead atoms. The highest BCUT2D eigenvalue weighted by atomic mass is 35.5. The first kappa shape index (κ1) is 20.0. The zero-order chi connectivity index (χ0) is 21.5. The number of ether oxygens (including phenoxy) is 1. The van der Waals surface area contributed by atoms with Gasteiger partial charge in [-0.05, 0) is 6.07 Å². The SMILES string of the molecule is Cn1ncnc1COCC(=O)N1CCn2c(c(-c3cn[nH]c3)c3ccc(Cl)c(Cl)c32)C1. The van der Waals surface area contributed by atoms with Gasteiger partial charge >= 0.3 is 0 Å². The number of nitrogens with zero attached hydrogens (tertiary/aromatic N) is 6. The molecular weight excluding hydrogens is 441 g/mol. The molecule has 1 aliphatic heterocycles. The summed E-state index contributed by atoms with van der Waals surface area (Å²) in [5.74, 6) is 0.585. The molecule has 4 aromatic rings. The van der Waals surface area contributed by atoms with E-state index in [0.29, 0.717) is 35.5 Å². The molecule has 0 unspecified atom stereocenters. The summed E-state index contributed by atoms with van der Waals surface area (Å²) in [6.45, 7) is 1.80. The maximum atomic E-state index is 12.8. The van der Waals surface area contributed by atoms with E-state index < -0.39 is 0 Å². The molecular formula is C20H19Cl2N7O2. The molecule has 11 heteroatoms. The third-order valence-electron chi connectivity index (χ3n) is 5.56. The largest absolute Gasteiger partial charge is 0.364 e. The van der Waals surface area contributed by atoms with Crippen LogP contribution in [0.15, 0.2) is 30.9 Å². The van der Waals surface area contributed by atoms with E-state index in [1.165, 1.54) is 6.33 Å². The van der Waals surface area contributed by atoms with Gasteiger partial charge in [-0.15, -0.1) is 0 Å². The molecule has 9 nitrogen and oxygen atoms in total. The lowest BCUT2D eigenvalue weighted by Gasteiger charge is -2.30. The number of H-pyrrole nitrogens is 1. The summed E-state index contributed by atoms with van der Waals surface area (Å²) in [5.41, 5.74) is 3.81. The van der Waals surface area contributed by atoms with Gasteiger partial charge in [0.15, 0.2) is 5.82 Å². The third kappa shape index (κ3) is 3.48. The number of halogens is 2. The number of aromatic nitrogens is 6. The number of carbonyl (C=O) groups excluding carboxylic acids is 1. The van der Waals surface area contributed by atoms with E-state index >= 15 is 0 Å². The number of aromatic amines is 1. The van der Waals surface area contributed by atoms with Crippen LogP contribution >= 0.6 is 23.2 Å². The number of nitrogens with one attached hydrogen (secondary N) is 1. The molecule has 1 aliphatic rings. The number of hydrogen-bond acceptors (Lipinski definition) is 5. The molecule has 5 rings (SSSR count). The lowest BCUT2D eigenvalue weighted by molar-refractivity contribution is -0.138. The van der Waals surface area contributed by atoms with E-state index in [4.69, 9.17) is 27.9 Å². The molecule has 0 saturated heterocycles. The minimum absolute atomic E-state index is 0.0271. The van der Waals surface area contributed by atoms with Crippen molar-refractivity contribution in [2.45, 2.75) is 19.7 Å². The van der Waals surface area contributed by atoms with Crippen LogP contribution < -0.4 is 0 Å². The summed E-state index contributed by atoms with van der Waals surface area (Å²) in [6, 6.07) is 3.76. The number of fused-ring (bicyclic) bond motifs is 3. The van der Waals surface area contributed by atoms with Crippen molar-refractivity contribution in [1.29, 1.82) is 0 Å². The topological polar surface area (TPSA) is 93.9 Å². The van der Waals surface area contributed by atoms with E-state index in [2.05, 4.69) is 24.8 Å². The van der Waals surface area contributed by atoms with Crippen LogP contribution in [-0.4, -0.2) is 53.5 Å². The predicted octanol–water partition coefficient (Wildman–Crippen LogP) is 3.03. The van der Waals surface area contributed by atoms with Gasteiger partial charge in [0.1, 0.15) is 19.5 Å². The fraction of sp³-hybridized carbons (Fsp3) is 0.300. The van der Waals surface area contributed by atoms with Gasteiger partial charge < -0.3 is 14.2 Å². The molecule has 3 aromatic heterocycles. The zero-order valence-corrected chi connectivity index (χ0v) is 18.2. The molecule has 0 saturated carbocycles. The molecule has 1 N–H and O–H groups in total. The van der Waals surface area contributed by atoms with Crippen molar-refractivity contribution in [1.82, 2.24) is 34.4 Å². The Morgan fingerprint density at radius 3 is 2.90 bits per heavy atom. The summed E-state index contributed by atoms with van der Waals surface area (Å²) >= 11 is 12.9. The molecule has 0 fully saturated rings. The maximum absolute atomic E-state index is 12.8. The first-order chi connectivity index (χ1) is 15.0. The van der Waals surface area contributed by atoms with E-state index in [1.807, 2.05) is 12.3 Å². The Morgan fingerprint density at radius 1 is 1.29 bits per heavy atom. The number of carbonyl (C=O) groups is 1. The second kappa shape index (κ2) is 7.99. The molecule has 1 aromatic carbocycles. The summed E-state index contributed by atoms with van der Waals surface area (Å²) in [7, 11) is 1.78. The van der Waals surface area contributed by atoms with E-state index in [0.717, 1.165) is 27.7 Å². The second-order valence-corrected chi connectivity index (χ2v) is 8.11. The van der Waals surface area contributed by atoms with Crippen molar-refractivity contribution in [3.63, 3.8) is 0 Å². The Balaban J connectivity index is 1.43. The van der Waals surface area contributed by atoms with Crippen LogP contribution in [0.4, 0.5) is 0 Å². The molecule has 0 aliphatic carbocycles. The highest BCUT2D eigenvalue weighted by Gasteiger charge is 2.28. The van der Waals surface area contributed by atoms with Crippen molar-refractivity contribution >= 4 is 40.0 Å². The van der Waals surface area contributed by atoms with Crippen molar-refractivity contribution in [2.75, 3.05) is 13.2 Å². The van der Waals surface area contributed by atoms with Gasteiger partial charge in [-0.1, -0.05) is 29.3 Å². The average Bonchev–Trinajstić information content (AvgIpc) is 3.49. The zero-order valence-electron chi connectivity index (χ0n) is 16.7. The lowest BCUT2D eigenvalue weighted by atomic mass is 10.0. The number of benzene rings is 1. The van der Waals surface area contributed by atoms with Gasteiger partial charge in [0.2, 0.25) is 5.91 Å². The Hall–Kier alpha value is -2.88. The van der Waals surface area contributed by atoms with Crippen LogP contribution in [0.5, 0.6) is 0 Å². The Labute approximate surface area is 187 Å². The average molecular weight is 460 g/mol. The summed E-state index contributed by atoms with van der Waals surface area (Å²) in [5, 5.41) is 13.0. The molecule has 4 heterocycles. The highest BCUT2D eigenvalue weighted by molar-refractivity contribution is 6.45. The van der Waals surface area contributed by atoms with Crippen molar-refractivity contribution in [3.8, 4) is 11.1 Å². The third-order valence-corrected chi connectivity index (χ3v) is 6.35. The first-order valence-electron chi connectivity index (χ1n) is 9.71. The molecule has 31 heavy (non-hydrogen) atoms. The van der Waals surface area contributed by atoms with Gasteiger partial charge in [0.25, 0.3) is 0 Å². The molecule has 0 radical (unpaired) electrons. The van der Waals surface area contributed by atoms with Crippen LogP contribution in [0.25, 0.3) is 22.0 Å². The Bertz CT molecular complexity index is 1260. The second-order valence-electron chi connectivity index (χ2n) is 7.33. The molecule has 0 spiro atoms. The van der Waals surface area contributed by atoms with Crippen LogP contribution in [0, 0.1) is 0 Å². The fourth-order valence-corrected chi connectivity index (χ4v) is 4.44. The maximum Gasteiger partial charge on any atom is 0.248 e. The van der Waals surface area contributed by atoms with Gasteiger partial charge in [-0.3, -0.25) is 14.6 Å². The Morgan fingerprint density at radius 2 is 2.16 bits per heavy atom. The van der Waals surface area contributed by atoms with Gasteiger partial charge in [0.05, 0.1) is 28.3 Å². The summed E-state index contributed by atoms with van der Waals surface area (Å²) < 4.78 is 9.35. The number of hydrogen-bond donors (Lipinski definition) is 1. The number of rotatable bonds is 5. The van der Waals surface area contributed by atoms with Crippen molar-refractivity contribution < 1.29 is 9.53 Å². The van der Waals surface area contributed by atoms with Crippen LogP contribution in [0.3, 0.4) is 0 Å². The first-order valence-corrected chi connectivity index (χ1v) is 10.5. The van der Waals surface area contributed by atoms with Crippen LogP contribution in [0.2, 0.25) is 10.0 Å². The minimum Gasteiger partial charge on any atom is -0.364 e. The van der Waals surface area contributed by atoms with Crippen molar-refractivity contribution in [2.24, 2.45) is 7.05 Å². The molecule has 0 atom stereocenters. The van der Waals surface area contributed by atoms with Crippen molar-refractivity contribution in [3.05, 3.63) is 52.4 Å². The van der Waals surface area contributed by atoms with Gasteiger partial charge in [0, 0.05) is 48.5 Å². The smallest absolute Gasteiger partial charge is 0.248 e. The predicted molar refractivity (Wildman–Crippen MR) is 116 cm³/mol. The monoisotopic (exact) mass is 459 g/mol. The standard InChI is InChI=1S/C20H19Cl2N7O2/c1-27-16(23-11-26-27)9-31-10-17(30)28-4-5-29-15(8-28)18(12-6-24-25-7-12)13-2-3-14(21)19(22)20(13)29/h2-3,6-7,11H,4-5,8-10H2,1H3,(H,24,25). The highest BCUT2D eigenvalue weighted by Crippen LogP contribution is 2.42. The number of amides is 1.